The summed E-state index contributed by atoms with van der Waals surface area (Å²) in [5.74, 6) is -0.300. The summed E-state index contributed by atoms with van der Waals surface area (Å²) in [7, 11) is 0. The van der Waals surface area contributed by atoms with Crippen molar-refractivity contribution in [2.24, 2.45) is 5.92 Å². The number of nitrogens with zero attached hydrogens (tertiary/aromatic N) is 1. The summed E-state index contributed by atoms with van der Waals surface area (Å²) in [5, 5.41) is 8.32. The lowest BCUT2D eigenvalue weighted by atomic mass is 9.97. The van der Waals surface area contributed by atoms with E-state index >= 15 is 0 Å². The van der Waals surface area contributed by atoms with Crippen LogP contribution in [0.5, 0.6) is 0 Å². The summed E-state index contributed by atoms with van der Waals surface area (Å²) in [6.07, 6.45) is 0. The van der Waals surface area contributed by atoms with Gasteiger partial charge in [0.15, 0.2) is 0 Å². The number of piperazine rings is 1. The Morgan fingerprint density at radius 2 is 1.83 bits per heavy atom. The molecule has 2 aliphatic rings. The lowest BCUT2D eigenvalue weighted by Gasteiger charge is -2.35. The second-order valence-electron chi connectivity index (χ2n) is 4.41. The highest BCUT2D eigenvalue weighted by molar-refractivity contribution is 5.98. The summed E-state index contributed by atoms with van der Waals surface area (Å²) in [6.45, 7) is 6.46. The maximum atomic E-state index is 11.7. The fourth-order valence-corrected chi connectivity index (χ4v) is 2.19. The molecule has 6 nitrogen and oxygen atoms in total. The Morgan fingerprint density at radius 3 is 2.39 bits per heavy atom. The van der Waals surface area contributed by atoms with Crippen LogP contribution in [0, 0.1) is 5.92 Å². The number of amides is 3. The number of carbonyl (C=O) groups is 2. The van der Waals surface area contributed by atoms with Gasteiger partial charge in [-0.15, -0.1) is 24.8 Å². The van der Waals surface area contributed by atoms with Crippen LogP contribution in [0.3, 0.4) is 0 Å². The van der Waals surface area contributed by atoms with Gasteiger partial charge in [-0.3, -0.25) is 15.0 Å². The van der Waals surface area contributed by atoms with E-state index in [-0.39, 0.29) is 48.7 Å². The lowest BCUT2D eigenvalue weighted by Crippen LogP contribution is -2.60. The van der Waals surface area contributed by atoms with Gasteiger partial charge in [0, 0.05) is 38.8 Å². The molecule has 2 unspecified atom stereocenters. The predicted molar refractivity (Wildman–Crippen MR) is 73.4 cm³/mol. The Labute approximate surface area is 119 Å². The van der Waals surface area contributed by atoms with Gasteiger partial charge in [-0.2, -0.15) is 0 Å². The van der Waals surface area contributed by atoms with Crippen molar-refractivity contribution in [1.29, 1.82) is 0 Å². The Kier molecular flexibility index (Phi) is 7.54. The third-order valence-corrected chi connectivity index (χ3v) is 3.20. The Morgan fingerprint density at radius 1 is 1.22 bits per heavy atom. The van der Waals surface area contributed by atoms with E-state index < -0.39 is 0 Å². The van der Waals surface area contributed by atoms with Crippen LogP contribution in [-0.2, 0) is 4.79 Å². The number of carbonyl (C=O) groups excluding carboxylic acids is 2. The molecule has 0 radical (unpaired) electrons. The van der Waals surface area contributed by atoms with Gasteiger partial charge >= 0.3 is 6.03 Å². The zero-order valence-electron chi connectivity index (χ0n) is 10.3. The van der Waals surface area contributed by atoms with Gasteiger partial charge in [0.05, 0.1) is 5.92 Å². The average molecular weight is 299 g/mol. The highest BCUT2D eigenvalue weighted by Gasteiger charge is 2.33. The standard InChI is InChI=1S/C10H18N4O2.2ClH/c1-7-8(9(15)13-10(16)12-7)6-14-4-2-11-3-5-14;;/h7-8,11H,2-6H2,1H3,(H2,12,13,15,16);2*1H. The SMILES string of the molecule is CC1NC(=O)NC(=O)C1CN1CCNCC1.Cl.Cl. The first kappa shape index (κ1) is 17.4. The minimum absolute atomic E-state index is 0. The summed E-state index contributed by atoms with van der Waals surface area (Å²) in [4.78, 5) is 25.0. The first-order valence-corrected chi connectivity index (χ1v) is 5.71. The molecule has 0 aliphatic carbocycles. The highest BCUT2D eigenvalue weighted by atomic mass is 35.5. The molecule has 0 saturated carbocycles. The van der Waals surface area contributed by atoms with E-state index in [1.165, 1.54) is 0 Å². The second kappa shape index (κ2) is 7.78. The van der Waals surface area contributed by atoms with Crippen LogP contribution in [0.1, 0.15) is 6.92 Å². The minimum Gasteiger partial charge on any atom is -0.334 e. The van der Waals surface area contributed by atoms with E-state index in [0.717, 1.165) is 32.7 Å². The quantitative estimate of drug-likeness (QED) is 0.647. The third-order valence-electron chi connectivity index (χ3n) is 3.20. The summed E-state index contributed by atoms with van der Waals surface area (Å²) < 4.78 is 0. The van der Waals surface area contributed by atoms with E-state index in [2.05, 4.69) is 20.9 Å². The largest absolute Gasteiger partial charge is 0.334 e. The second-order valence-corrected chi connectivity index (χ2v) is 4.41. The fraction of sp³-hybridized carbons (Fsp3) is 0.800. The molecule has 2 atom stereocenters. The maximum absolute atomic E-state index is 11.7. The fourth-order valence-electron chi connectivity index (χ4n) is 2.19. The molecular weight excluding hydrogens is 279 g/mol. The monoisotopic (exact) mass is 298 g/mol. The van der Waals surface area contributed by atoms with E-state index in [9.17, 15) is 9.59 Å². The number of hydrogen-bond acceptors (Lipinski definition) is 4. The number of hydrogen-bond donors (Lipinski definition) is 3. The van der Waals surface area contributed by atoms with Crippen LogP contribution in [0.25, 0.3) is 0 Å². The number of urea groups is 1. The number of nitrogens with one attached hydrogen (secondary N) is 3. The zero-order chi connectivity index (χ0) is 11.5. The molecule has 8 heteroatoms. The molecule has 3 N–H and O–H groups in total. The molecule has 0 aromatic rings. The molecule has 0 aromatic heterocycles. The molecule has 2 heterocycles. The van der Waals surface area contributed by atoms with Crippen molar-refractivity contribution in [2.45, 2.75) is 13.0 Å². The molecular formula is C10H20Cl2N4O2. The molecule has 106 valence electrons. The van der Waals surface area contributed by atoms with E-state index in [4.69, 9.17) is 0 Å². The van der Waals surface area contributed by atoms with Gasteiger partial charge in [-0.25, -0.2) is 4.79 Å². The van der Waals surface area contributed by atoms with Crippen molar-refractivity contribution in [3.63, 3.8) is 0 Å². The van der Waals surface area contributed by atoms with E-state index in [0.29, 0.717) is 0 Å². The Hall–Kier alpha value is -0.560. The van der Waals surface area contributed by atoms with Gasteiger partial charge in [-0.1, -0.05) is 0 Å². The molecule has 3 amide bonds. The topological polar surface area (TPSA) is 73.5 Å². The predicted octanol–water partition coefficient (Wildman–Crippen LogP) is -0.421. The van der Waals surface area contributed by atoms with Gasteiger partial charge in [0.2, 0.25) is 5.91 Å². The van der Waals surface area contributed by atoms with Crippen molar-refractivity contribution in [1.82, 2.24) is 20.9 Å². The first-order valence-electron chi connectivity index (χ1n) is 5.71. The zero-order valence-corrected chi connectivity index (χ0v) is 11.9. The van der Waals surface area contributed by atoms with Crippen molar-refractivity contribution in [2.75, 3.05) is 32.7 Å². The minimum atomic E-state index is -0.380. The molecule has 2 saturated heterocycles. The van der Waals surface area contributed by atoms with Gasteiger partial charge in [0.25, 0.3) is 0 Å². The molecule has 0 bridgehead atoms. The van der Waals surface area contributed by atoms with Crippen LogP contribution < -0.4 is 16.0 Å². The van der Waals surface area contributed by atoms with Crippen LogP contribution in [-0.4, -0.2) is 55.6 Å². The molecule has 2 aliphatic heterocycles. The third kappa shape index (κ3) is 4.28. The first-order chi connectivity index (χ1) is 7.66. The molecule has 0 spiro atoms. The number of imide groups is 1. The van der Waals surface area contributed by atoms with Gasteiger partial charge in [-0.05, 0) is 6.92 Å². The number of rotatable bonds is 2. The molecule has 2 rings (SSSR count). The van der Waals surface area contributed by atoms with Crippen molar-refractivity contribution < 1.29 is 9.59 Å². The molecule has 2 fully saturated rings. The summed E-state index contributed by atoms with van der Waals surface area (Å²) >= 11 is 0. The number of halogens is 2. The van der Waals surface area contributed by atoms with Crippen LogP contribution in [0.15, 0.2) is 0 Å². The van der Waals surface area contributed by atoms with E-state index in [1.807, 2.05) is 6.92 Å². The Balaban J connectivity index is 0.00000144. The summed E-state index contributed by atoms with van der Waals surface area (Å²) in [6, 6.07) is -0.467. The lowest BCUT2D eigenvalue weighted by molar-refractivity contribution is -0.126. The van der Waals surface area contributed by atoms with Crippen molar-refractivity contribution in [3.8, 4) is 0 Å². The molecule has 0 aromatic carbocycles. The average Bonchev–Trinajstić information content (AvgIpc) is 2.25. The summed E-state index contributed by atoms with van der Waals surface area (Å²) in [5.41, 5.74) is 0. The van der Waals surface area contributed by atoms with Gasteiger partial charge < -0.3 is 10.6 Å². The highest BCUT2D eigenvalue weighted by Crippen LogP contribution is 2.11. The van der Waals surface area contributed by atoms with Crippen LogP contribution in [0.4, 0.5) is 4.79 Å². The van der Waals surface area contributed by atoms with Crippen molar-refractivity contribution >= 4 is 36.8 Å². The van der Waals surface area contributed by atoms with Crippen LogP contribution >= 0.6 is 24.8 Å². The smallest absolute Gasteiger partial charge is 0.321 e. The van der Waals surface area contributed by atoms with E-state index in [1.54, 1.807) is 0 Å². The normalized spacial score (nSPS) is 28.5. The van der Waals surface area contributed by atoms with Gasteiger partial charge in [0.1, 0.15) is 0 Å². The Bertz CT molecular complexity index is 298. The van der Waals surface area contributed by atoms with Crippen molar-refractivity contribution in [3.05, 3.63) is 0 Å². The van der Waals surface area contributed by atoms with Crippen LogP contribution in [0.2, 0.25) is 0 Å². The maximum Gasteiger partial charge on any atom is 0.321 e. The molecule has 18 heavy (non-hydrogen) atoms.